The molecule has 0 aliphatic carbocycles. The second kappa shape index (κ2) is 8.47. The van der Waals surface area contributed by atoms with Crippen LogP contribution >= 0.6 is 11.3 Å². The number of pyridine rings is 1. The van der Waals surface area contributed by atoms with Crippen LogP contribution in [-0.2, 0) is 24.6 Å². The molecule has 2 aromatic heterocycles. The lowest BCUT2D eigenvalue weighted by Crippen LogP contribution is -2.56. The summed E-state index contributed by atoms with van der Waals surface area (Å²) in [6.45, 7) is 1.09. The maximum absolute atomic E-state index is 13.0. The number of amides is 3. The Morgan fingerprint density at radius 3 is 2.81 bits per heavy atom. The van der Waals surface area contributed by atoms with Gasteiger partial charge < -0.3 is 25.4 Å². The zero-order valence-electron chi connectivity index (χ0n) is 16.5. The summed E-state index contributed by atoms with van der Waals surface area (Å²) in [6.07, 6.45) is 6.14. The first kappa shape index (κ1) is 21.0. The van der Waals surface area contributed by atoms with Gasteiger partial charge in [0.2, 0.25) is 5.91 Å². The maximum atomic E-state index is 13.0. The van der Waals surface area contributed by atoms with Crippen LogP contribution in [0.4, 0.5) is 5.69 Å². The maximum Gasteiger partial charge on any atom is 0.262 e. The Bertz CT molecular complexity index is 1060. The van der Waals surface area contributed by atoms with E-state index < -0.39 is 23.5 Å². The Hall–Kier alpha value is -3.26. The number of hydrogen-bond acceptors (Lipinski definition) is 7. The lowest BCUT2D eigenvalue weighted by atomic mass is 9.86. The van der Waals surface area contributed by atoms with Crippen LogP contribution in [0, 0.1) is 12.3 Å². The molecule has 160 valence electrons. The lowest BCUT2D eigenvalue weighted by molar-refractivity contribution is -0.129. The zero-order valence-corrected chi connectivity index (χ0v) is 17.3. The Balaban J connectivity index is 1.66. The predicted molar refractivity (Wildman–Crippen MR) is 112 cm³/mol. The Labute approximate surface area is 182 Å². The van der Waals surface area contributed by atoms with E-state index in [2.05, 4.69) is 16.2 Å². The summed E-state index contributed by atoms with van der Waals surface area (Å²) in [7, 11) is 0. The summed E-state index contributed by atoms with van der Waals surface area (Å²) < 4.78 is 10.7. The topological polar surface area (TPSA) is 124 Å². The molecule has 2 atom stereocenters. The molecule has 0 aromatic carbocycles. The van der Waals surface area contributed by atoms with Gasteiger partial charge in [-0.2, -0.15) is 0 Å². The molecule has 3 amide bonds. The Morgan fingerprint density at radius 2 is 2.16 bits per heavy atom. The number of carbonyl (C=O) groups is 3. The van der Waals surface area contributed by atoms with Crippen molar-refractivity contribution in [2.75, 3.05) is 31.3 Å². The average Bonchev–Trinajstić information content (AvgIpc) is 3.42. The van der Waals surface area contributed by atoms with Crippen molar-refractivity contribution in [3.8, 4) is 12.3 Å². The van der Waals surface area contributed by atoms with E-state index >= 15 is 0 Å². The molecule has 2 saturated heterocycles. The molecule has 0 radical (unpaired) electrons. The van der Waals surface area contributed by atoms with E-state index in [0.29, 0.717) is 40.7 Å². The Morgan fingerprint density at radius 1 is 1.32 bits per heavy atom. The Kier molecular flexibility index (Phi) is 5.73. The van der Waals surface area contributed by atoms with Crippen molar-refractivity contribution in [3.63, 3.8) is 0 Å². The predicted octanol–water partition coefficient (Wildman–Crippen LogP) is 0.387. The van der Waals surface area contributed by atoms with Crippen LogP contribution in [0.3, 0.4) is 0 Å². The van der Waals surface area contributed by atoms with Crippen LogP contribution in [-0.4, -0.2) is 55.2 Å². The van der Waals surface area contributed by atoms with Gasteiger partial charge in [0.05, 0.1) is 40.5 Å². The van der Waals surface area contributed by atoms with Gasteiger partial charge in [-0.15, -0.1) is 17.8 Å². The summed E-state index contributed by atoms with van der Waals surface area (Å²) in [6, 6.07) is 6.69. The number of nitrogens with one attached hydrogen (secondary N) is 1. The van der Waals surface area contributed by atoms with Gasteiger partial charge >= 0.3 is 0 Å². The van der Waals surface area contributed by atoms with E-state index in [0.717, 1.165) is 0 Å². The highest BCUT2D eigenvalue weighted by Gasteiger charge is 2.51. The molecule has 10 heteroatoms. The minimum Gasteiger partial charge on any atom is -0.370 e. The fourth-order valence-electron chi connectivity index (χ4n) is 3.79. The number of morpholine rings is 1. The first-order valence-electron chi connectivity index (χ1n) is 9.59. The van der Waals surface area contributed by atoms with Crippen LogP contribution in [0.15, 0.2) is 30.5 Å². The minimum absolute atomic E-state index is 0.0137. The molecule has 0 saturated carbocycles. The molecule has 2 aliphatic rings. The molecule has 3 N–H and O–H groups in total. The molecular weight excluding hydrogens is 420 g/mol. The van der Waals surface area contributed by atoms with Crippen molar-refractivity contribution in [2.45, 2.75) is 18.1 Å². The van der Waals surface area contributed by atoms with Crippen LogP contribution < -0.4 is 16.0 Å². The number of aromatic nitrogens is 1. The molecule has 2 fully saturated rings. The van der Waals surface area contributed by atoms with Crippen molar-refractivity contribution in [3.05, 3.63) is 45.9 Å². The third kappa shape index (κ3) is 3.90. The molecular formula is C21H20N4O5S. The molecule has 9 nitrogen and oxygen atoms in total. The number of anilines is 1. The number of terminal acetylenes is 1. The van der Waals surface area contributed by atoms with E-state index in [1.54, 1.807) is 29.2 Å². The van der Waals surface area contributed by atoms with Crippen molar-refractivity contribution < 1.29 is 23.9 Å². The smallest absolute Gasteiger partial charge is 0.262 e. The zero-order chi connectivity index (χ0) is 22.0. The largest absolute Gasteiger partial charge is 0.370 e. The first-order valence-corrected chi connectivity index (χ1v) is 10.4. The minimum atomic E-state index is -1.24. The van der Waals surface area contributed by atoms with E-state index in [-0.39, 0.29) is 19.1 Å². The number of rotatable bonds is 5. The normalized spacial score (nSPS) is 23.4. The first-order chi connectivity index (χ1) is 14.9. The fraction of sp³-hybridized carbons (Fsp3) is 0.333. The molecule has 4 heterocycles. The quantitative estimate of drug-likeness (QED) is 0.648. The monoisotopic (exact) mass is 440 g/mol. The number of primary amides is 1. The number of nitrogens with two attached hydrogens (primary N) is 1. The van der Waals surface area contributed by atoms with E-state index in [1.165, 1.54) is 17.5 Å². The van der Waals surface area contributed by atoms with E-state index in [9.17, 15) is 14.4 Å². The number of ether oxygens (including phenoxy) is 2. The van der Waals surface area contributed by atoms with Crippen molar-refractivity contribution in [1.82, 2.24) is 10.3 Å². The highest BCUT2D eigenvalue weighted by Crippen LogP contribution is 2.36. The van der Waals surface area contributed by atoms with Gasteiger partial charge in [-0.05, 0) is 24.3 Å². The van der Waals surface area contributed by atoms with Crippen LogP contribution in [0.25, 0.3) is 0 Å². The van der Waals surface area contributed by atoms with Gasteiger partial charge in [0.25, 0.3) is 11.8 Å². The summed E-state index contributed by atoms with van der Waals surface area (Å²) in [4.78, 5) is 44.3. The second-order valence-corrected chi connectivity index (χ2v) is 8.22. The summed E-state index contributed by atoms with van der Waals surface area (Å²) in [5.74, 6) is 1.22. The van der Waals surface area contributed by atoms with Crippen LogP contribution in [0.5, 0.6) is 0 Å². The molecule has 0 spiro atoms. The van der Waals surface area contributed by atoms with Gasteiger partial charge in [0.1, 0.15) is 12.1 Å². The molecule has 0 bridgehead atoms. The lowest BCUT2D eigenvalue weighted by Gasteiger charge is -2.33. The number of thiophene rings is 1. The molecule has 31 heavy (non-hydrogen) atoms. The second-order valence-electron chi connectivity index (χ2n) is 7.14. The van der Waals surface area contributed by atoms with Gasteiger partial charge in [0.15, 0.2) is 6.10 Å². The highest BCUT2D eigenvalue weighted by atomic mass is 32.1. The summed E-state index contributed by atoms with van der Waals surface area (Å²) in [5, 5.41) is 2.92. The number of nitrogens with zero attached hydrogens (tertiary/aromatic N) is 2. The average molecular weight is 440 g/mol. The van der Waals surface area contributed by atoms with E-state index in [1.807, 2.05) is 0 Å². The number of carbonyl (C=O) groups excluding carboxylic acids is 3. The van der Waals surface area contributed by atoms with E-state index in [4.69, 9.17) is 21.6 Å². The van der Waals surface area contributed by atoms with Gasteiger partial charge in [-0.1, -0.05) is 5.92 Å². The van der Waals surface area contributed by atoms with Crippen molar-refractivity contribution in [2.24, 2.45) is 5.73 Å². The molecule has 2 unspecified atom stereocenters. The van der Waals surface area contributed by atoms with Crippen molar-refractivity contribution >= 4 is 34.7 Å². The highest BCUT2D eigenvalue weighted by molar-refractivity contribution is 7.14. The van der Waals surface area contributed by atoms with Gasteiger partial charge in [-0.3, -0.25) is 19.4 Å². The third-order valence-electron chi connectivity index (χ3n) is 5.30. The standard InChI is InChI=1S/C21H20N4O5S/c1-2-14-4-5-15(31-14)20(28)24-21(7-9-30-18(21)19(22)27)16-6-3-13(11-23-16)25-8-10-29-12-17(25)26/h1,3-6,11,18H,7-10,12H2,(H2,22,27)(H,24,28). The van der Waals surface area contributed by atoms with Crippen molar-refractivity contribution in [1.29, 1.82) is 0 Å². The SMILES string of the molecule is C#Cc1ccc(C(=O)NC2(c3ccc(N4CCOCC4=O)cn3)CCOC2C(N)=O)s1. The summed E-state index contributed by atoms with van der Waals surface area (Å²) in [5.41, 5.74) is 5.36. The summed E-state index contributed by atoms with van der Waals surface area (Å²) >= 11 is 1.17. The fourth-order valence-corrected chi connectivity index (χ4v) is 4.50. The van der Waals surface area contributed by atoms with Crippen LogP contribution in [0.1, 0.15) is 26.7 Å². The van der Waals surface area contributed by atoms with Gasteiger partial charge in [0, 0.05) is 13.0 Å². The van der Waals surface area contributed by atoms with Crippen LogP contribution in [0.2, 0.25) is 0 Å². The molecule has 2 aromatic rings. The number of hydrogen-bond donors (Lipinski definition) is 2. The molecule has 4 rings (SSSR count). The molecule has 2 aliphatic heterocycles. The van der Waals surface area contributed by atoms with Gasteiger partial charge in [-0.25, -0.2) is 0 Å². The third-order valence-corrected chi connectivity index (χ3v) is 6.31.